The Balaban J connectivity index is 2.16. The molecule has 0 spiro atoms. The molecule has 0 fully saturated rings. The Hall–Kier alpha value is -1.28. The molecule has 0 amide bonds. The standard InChI is InChI=1S/C15H19FN2O2S2/c1-11-8-13(4-5-14(11)16)22(19,20)17-9-15(18(2)3)12-6-7-21-10-12/h4-8,10,15,17H,9H2,1-3H3/t15-/m0/s1. The first-order chi connectivity index (χ1) is 10.3. The van der Waals surface area contributed by atoms with Crippen LogP contribution in [0.15, 0.2) is 39.9 Å². The monoisotopic (exact) mass is 342 g/mol. The minimum absolute atomic E-state index is 0.0532. The molecule has 7 heteroatoms. The molecule has 0 aliphatic rings. The molecule has 2 aromatic rings. The summed E-state index contributed by atoms with van der Waals surface area (Å²) in [5.74, 6) is -0.414. The molecular weight excluding hydrogens is 323 g/mol. The van der Waals surface area contributed by atoms with Gasteiger partial charge in [-0.2, -0.15) is 11.3 Å². The fourth-order valence-electron chi connectivity index (χ4n) is 2.12. The number of aryl methyl sites for hydroxylation is 1. The van der Waals surface area contributed by atoms with Crippen molar-refractivity contribution in [1.29, 1.82) is 0 Å². The molecule has 22 heavy (non-hydrogen) atoms. The Bertz CT molecular complexity index is 728. The highest BCUT2D eigenvalue weighted by atomic mass is 32.2. The maximum absolute atomic E-state index is 13.3. The Labute approximate surface area is 134 Å². The Morgan fingerprint density at radius 1 is 1.32 bits per heavy atom. The first-order valence-corrected chi connectivity index (χ1v) is 9.18. The molecule has 0 aliphatic heterocycles. The molecule has 0 bridgehead atoms. The van der Waals surface area contributed by atoms with Gasteiger partial charge >= 0.3 is 0 Å². The van der Waals surface area contributed by atoms with Crippen LogP contribution in [0.5, 0.6) is 0 Å². The quantitative estimate of drug-likeness (QED) is 0.878. The zero-order chi connectivity index (χ0) is 16.3. The van der Waals surface area contributed by atoms with Crippen molar-refractivity contribution in [3.8, 4) is 0 Å². The van der Waals surface area contributed by atoms with Gasteiger partial charge in [-0.05, 0) is 67.2 Å². The number of benzene rings is 1. The molecule has 1 N–H and O–H groups in total. The van der Waals surface area contributed by atoms with Crippen molar-refractivity contribution in [1.82, 2.24) is 9.62 Å². The fourth-order valence-corrected chi connectivity index (χ4v) is 3.95. The molecule has 0 unspecified atom stereocenters. The summed E-state index contributed by atoms with van der Waals surface area (Å²) in [6.07, 6.45) is 0. The van der Waals surface area contributed by atoms with Gasteiger partial charge < -0.3 is 4.90 Å². The summed E-state index contributed by atoms with van der Waals surface area (Å²) in [6, 6.07) is 5.72. The molecule has 0 radical (unpaired) electrons. The number of halogens is 1. The van der Waals surface area contributed by atoms with E-state index in [1.54, 1.807) is 18.3 Å². The van der Waals surface area contributed by atoms with Crippen molar-refractivity contribution in [3.05, 3.63) is 52.0 Å². The first kappa shape index (κ1) is 17.1. The van der Waals surface area contributed by atoms with Gasteiger partial charge in [0.1, 0.15) is 5.82 Å². The second-order valence-corrected chi connectivity index (χ2v) is 7.85. The predicted molar refractivity (Wildman–Crippen MR) is 87.1 cm³/mol. The lowest BCUT2D eigenvalue weighted by Gasteiger charge is -2.24. The number of nitrogens with one attached hydrogen (secondary N) is 1. The SMILES string of the molecule is Cc1cc(S(=O)(=O)NC[C@@H](c2ccsc2)N(C)C)ccc1F. The second kappa shape index (κ2) is 6.87. The van der Waals surface area contributed by atoms with E-state index in [2.05, 4.69) is 4.72 Å². The van der Waals surface area contributed by atoms with E-state index in [0.717, 1.165) is 5.56 Å². The summed E-state index contributed by atoms with van der Waals surface area (Å²) < 4.78 is 40.6. The van der Waals surface area contributed by atoms with Gasteiger partial charge in [0.05, 0.1) is 4.90 Å². The third-order valence-electron chi connectivity index (χ3n) is 3.46. The number of likely N-dealkylation sites (N-methyl/N-ethyl adjacent to an activating group) is 1. The van der Waals surface area contributed by atoms with Crippen LogP contribution in [0.1, 0.15) is 17.2 Å². The maximum Gasteiger partial charge on any atom is 0.240 e. The largest absolute Gasteiger partial charge is 0.301 e. The minimum Gasteiger partial charge on any atom is -0.301 e. The highest BCUT2D eigenvalue weighted by Gasteiger charge is 2.20. The number of hydrogen-bond donors (Lipinski definition) is 1. The number of nitrogens with zero attached hydrogens (tertiary/aromatic N) is 1. The molecule has 4 nitrogen and oxygen atoms in total. The lowest BCUT2D eigenvalue weighted by Crippen LogP contribution is -2.34. The van der Waals surface area contributed by atoms with Crippen LogP contribution in [0.3, 0.4) is 0 Å². The summed E-state index contributed by atoms with van der Waals surface area (Å²) in [5, 5.41) is 3.96. The summed E-state index contributed by atoms with van der Waals surface area (Å²) in [4.78, 5) is 2.04. The van der Waals surface area contributed by atoms with Crippen molar-refractivity contribution in [2.45, 2.75) is 17.9 Å². The van der Waals surface area contributed by atoms with E-state index in [9.17, 15) is 12.8 Å². The van der Waals surface area contributed by atoms with Crippen molar-refractivity contribution in [3.63, 3.8) is 0 Å². The normalized spacial score (nSPS) is 13.5. The van der Waals surface area contributed by atoms with E-state index in [1.807, 2.05) is 35.8 Å². The fraction of sp³-hybridized carbons (Fsp3) is 0.333. The average molecular weight is 342 g/mol. The predicted octanol–water partition coefficient (Wildman–Crippen LogP) is 2.78. The molecule has 1 heterocycles. The smallest absolute Gasteiger partial charge is 0.240 e. The third kappa shape index (κ3) is 3.92. The zero-order valence-electron chi connectivity index (χ0n) is 12.7. The van der Waals surface area contributed by atoms with E-state index in [-0.39, 0.29) is 17.5 Å². The maximum atomic E-state index is 13.3. The lowest BCUT2D eigenvalue weighted by molar-refractivity contribution is 0.300. The van der Waals surface area contributed by atoms with Crippen molar-refractivity contribution >= 4 is 21.4 Å². The summed E-state index contributed by atoms with van der Waals surface area (Å²) in [7, 11) is 0.144. The Kier molecular flexibility index (Phi) is 5.33. The van der Waals surface area contributed by atoms with Crippen molar-refractivity contribution < 1.29 is 12.8 Å². The van der Waals surface area contributed by atoms with Crippen LogP contribution in [0.25, 0.3) is 0 Å². The molecule has 1 aromatic carbocycles. The molecule has 1 atom stereocenters. The second-order valence-electron chi connectivity index (χ2n) is 5.30. The van der Waals surface area contributed by atoms with Crippen LogP contribution in [-0.2, 0) is 10.0 Å². The minimum atomic E-state index is -3.66. The van der Waals surface area contributed by atoms with Gasteiger partial charge in [-0.25, -0.2) is 17.5 Å². The van der Waals surface area contributed by atoms with Crippen molar-refractivity contribution in [2.75, 3.05) is 20.6 Å². The third-order valence-corrected chi connectivity index (χ3v) is 5.58. The van der Waals surface area contributed by atoms with Gasteiger partial charge in [0.2, 0.25) is 10.0 Å². The summed E-state index contributed by atoms with van der Waals surface area (Å²) in [6.45, 7) is 1.80. The number of thiophene rings is 1. The number of sulfonamides is 1. The van der Waals surface area contributed by atoms with Gasteiger partial charge in [0, 0.05) is 12.6 Å². The van der Waals surface area contributed by atoms with Gasteiger partial charge in [0.15, 0.2) is 0 Å². The van der Waals surface area contributed by atoms with Crippen LogP contribution < -0.4 is 4.72 Å². The van der Waals surface area contributed by atoms with Crippen LogP contribution in [-0.4, -0.2) is 34.0 Å². The molecule has 0 aliphatic carbocycles. The van der Waals surface area contributed by atoms with E-state index in [1.165, 1.54) is 18.2 Å². The van der Waals surface area contributed by atoms with E-state index in [4.69, 9.17) is 0 Å². The highest BCUT2D eigenvalue weighted by molar-refractivity contribution is 7.89. The number of hydrogen-bond acceptors (Lipinski definition) is 4. The molecule has 1 aromatic heterocycles. The van der Waals surface area contributed by atoms with Gasteiger partial charge in [-0.15, -0.1) is 0 Å². The number of rotatable bonds is 6. The summed E-state index contributed by atoms with van der Waals surface area (Å²) in [5.41, 5.74) is 1.37. The molecule has 2 rings (SSSR count). The molecule has 120 valence electrons. The van der Waals surface area contributed by atoms with E-state index >= 15 is 0 Å². The van der Waals surface area contributed by atoms with Gasteiger partial charge in [0.25, 0.3) is 0 Å². The summed E-state index contributed by atoms with van der Waals surface area (Å²) >= 11 is 1.57. The van der Waals surface area contributed by atoms with Crippen LogP contribution in [0.4, 0.5) is 4.39 Å². The topological polar surface area (TPSA) is 49.4 Å². The van der Waals surface area contributed by atoms with Gasteiger partial charge in [-0.1, -0.05) is 0 Å². The molecule has 0 saturated heterocycles. The van der Waals surface area contributed by atoms with Crippen LogP contribution in [0.2, 0.25) is 0 Å². The van der Waals surface area contributed by atoms with E-state index < -0.39 is 15.8 Å². The van der Waals surface area contributed by atoms with Crippen LogP contribution >= 0.6 is 11.3 Å². The average Bonchev–Trinajstić information content (AvgIpc) is 2.95. The Morgan fingerprint density at radius 2 is 2.05 bits per heavy atom. The van der Waals surface area contributed by atoms with Crippen molar-refractivity contribution in [2.24, 2.45) is 0 Å². The van der Waals surface area contributed by atoms with Gasteiger partial charge in [-0.3, -0.25) is 0 Å². The van der Waals surface area contributed by atoms with Crippen LogP contribution in [0, 0.1) is 12.7 Å². The lowest BCUT2D eigenvalue weighted by atomic mass is 10.1. The van der Waals surface area contributed by atoms with E-state index in [0.29, 0.717) is 5.56 Å². The zero-order valence-corrected chi connectivity index (χ0v) is 14.3. The molecular formula is C15H19FN2O2S2. The highest BCUT2D eigenvalue weighted by Crippen LogP contribution is 2.21. The first-order valence-electron chi connectivity index (χ1n) is 6.75. The Morgan fingerprint density at radius 3 is 2.59 bits per heavy atom. The molecule has 0 saturated carbocycles.